The minimum absolute atomic E-state index is 0.236. The molecule has 2 rings (SSSR count). The normalized spacial score (nSPS) is 13.2. The molecule has 0 radical (unpaired) electrons. The van der Waals surface area contributed by atoms with Gasteiger partial charge in [-0.05, 0) is 31.2 Å². The molecule has 2 aromatic rings. The number of nitrogens with one attached hydrogen (secondary N) is 1. The van der Waals surface area contributed by atoms with Crippen LogP contribution in [0, 0.1) is 0 Å². The van der Waals surface area contributed by atoms with E-state index >= 15 is 0 Å². The molecule has 1 unspecified atom stereocenters. The highest BCUT2D eigenvalue weighted by molar-refractivity contribution is 7.93. The van der Waals surface area contributed by atoms with Crippen LogP contribution in [0.1, 0.15) is 22.8 Å². The summed E-state index contributed by atoms with van der Waals surface area (Å²) in [6.07, 6.45) is -6.17. The van der Waals surface area contributed by atoms with Crippen molar-refractivity contribution in [2.75, 3.05) is 5.32 Å². The summed E-state index contributed by atoms with van der Waals surface area (Å²) >= 11 is 6.18. The molecule has 28 heavy (non-hydrogen) atoms. The lowest BCUT2D eigenvalue weighted by molar-refractivity contribution is -0.137. The van der Waals surface area contributed by atoms with Crippen LogP contribution in [0.15, 0.2) is 33.4 Å². The summed E-state index contributed by atoms with van der Waals surface area (Å²) in [5.74, 6) is -1.97. The minimum atomic E-state index is -4.72. The predicted octanol–water partition coefficient (Wildman–Crippen LogP) is 2.67. The molecule has 0 bridgehead atoms. The van der Waals surface area contributed by atoms with Gasteiger partial charge in [0.1, 0.15) is 15.3 Å². The number of primary amides is 1. The van der Waals surface area contributed by atoms with Crippen LogP contribution in [-0.4, -0.2) is 31.4 Å². The average molecular weight is 457 g/mol. The lowest BCUT2D eigenvalue weighted by atomic mass is 10.2. The number of amides is 2. The number of hydrogen-bond donors (Lipinski definition) is 3. The van der Waals surface area contributed by atoms with E-state index in [1.165, 1.54) is 0 Å². The third kappa shape index (κ3) is 4.46. The summed E-state index contributed by atoms with van der Waals surface area (Å²) in [6.45, 7) is 1.15. The van der Waals surface area contributed by atoms with Crippen molar-refractivity contribution < 1.29 is 36.3 Å². The maximum Gasteiger partial charge on any atom is 0.416 e. The summed E-state index contributed by atoms with van der Waals surface area (Å²) in [7, 11) is -4.43. The molecule has 2 amide bonds. The number of thiophene rings is 1. The lowest BCUT2D eigenvalue weighted by Crippen LogP contribution is -2.25. The van der Waals surface area contributed by atoms with E-state index in [-0.39, 0.29) is 10.6 Å². The molecule has 7 nitrogen and oxygen atoms in total. The number of aliphatic hydroxyl groups is 1. The van der Waals surface area contributed by atoms with Crippen molar-refractivity contribution in [3.63, 3.8) is 0 Å². The van der Waals surface area contributed by atoms with Crippen LogP contribution in [0.25, 0.3) is 0 Å². The van der Waals surface area contributed by atoms with Crippen LogP contribution in [0.2, 0.25) is 5.02 Å². The first-order valence-corrected chi connectivity index (χ1v) is 9.97. The number of halogens is 4. The lowest BCUT2D eigenvalue weighted by Gasteiger charge is -2.10. The van der Waals surface area contributed by atoms with Crippen LogP contribution in [0.5, 0.6) is 0 Å². The summed E-state index contributed by atoms with van der Waals surface area (Å²) in [6, 6.07) is 2.58. The van der Waals surface area contributed by atoms with Gasteiger partial charge in [-0.15, -0.1) is 11.3 Å². The van der Waals surface area contributed by atoms with E-state index in [4.69, 9.17) is 17.3 Å². The molecule has 1 aromatic carbocycles. The number of sulfone groups is 1. The molecule has 1 heterocycles. The zero-order chi connectivity index (χ0) is 21.4. The Bertz CT molecular complexity index is 1050. The zero-order valence-corrected chi connectivity index (χ0v) is 16.3. The van der Waals surface area contributed by atoms with Gasteiger partial charge in [-0.1, -0.05) is 11.6 Å². The smallest absolute Gasteiger partial charge is 0.384 e. The highest BCUT2D eigenvalue weighted by Gasteiger charge is 2.33. The van der Waals surface area contributed by atoms with Crippen molar-refractivity contribution >= 4 is 49.6 Å². The van der Waals surface area contributed by atoms with Crippen molar-refractivity contribution in [3.8, 4) is 0 Å². The Morgan fingerprint density at radius 1 is 1.29 bits per heavy atom. The topological polar surface area (TPSA) is 127 Å². The van der Waals surface area contributed by atoms with Crippen LogP contribution in [-0.2, 0) is 20.8 Å². The summed E-state index contributed by atoms with van der Waals surface area (Å²) in [5, 5.41) is 10.5. The van der Waals surface area contributed by atoms with E-state index < -0.39 is 53.6 Å². The van der Waals surface area contributed by atoms with Crippen LogP contribution in [0.4, 0.5) is 18.2 Å². The van der Waals surface area contributed by atoms with Crippen molar-refractivity contribution in [2.24, 2.45) is 5.73 Å². The van der Waals surface area contributed by atoms with Crippen LogP contribution in [0.3, 0.4) is 0 Å². The first-order valence-electron chi connectivity index (χ1n) is 7.29. The molecule has 0 aliphatic heterocycles. The van der Waals surface area contributed by atoms with E-state index in [2.05, 4.69) is 5.32 Å². The maximum atomic E-state index is 12.8. The fourth-order valence-corrected chi connectivity index (χ4v) is 5.29. The standard InChI is InChI=1S/C15H12ClF3N2O5S2/c1-6(22)13(24)21-14-8(12(20)23)5-11(27-14)28(25,26)10-3-2-7(4-9(10)16)15(17,18)19/h2-6,22H,1H3,(H2,20,23)(H,21,24). The van der Waals surface area contributed by atoms with Gasteiger partial charge in [0.25, 0.3) is 11.8 Å². The number of alkyl halides is 3. The molecule has 1 atom stereocenters. The average Bonchev–Trinajstić information content (AvgIpc) is 2.98. The second-order valence-corrected chi connectivity index (χ2v) is 9.09. The number of nitrogens with two attached hydrogens (primary N) is 1. The largest absolute Gasteiger partial charge is 0.416 e. The van der Waals surface area contributed by atoms with Crippen LogP contribution < -0.4 is 11.1 Å². The van der Waals surface area contributed by atoms with Gasteiger partial charge in [0, 0.05) is 0 Å². The quantitative estimate of drug-likeness (QED) is 0.637. The summed E-state index contributed by atoms with van der Waals surface area (Å²) < 4.78 is 63.2. The number of carbonyl (C=O) groups is 2. The number of hydrogen-bond acceptors (Lipinski definition) is 6. The van der Waals surface area contributed by atoms with E-state index in [0.29, 0.717) is 29.5 Å². The number of benzene rings is 1. The molecule has 0 fully saturated rings. The van der Waals surface area contributed by atoms with E-state index in [9.17, 15) is 36.3 Å². The molecule has 0 saturated heterocycles. The number of rotatable bonds is 5. The Balaban J connectivity index is 2.55. The van der Waals surface area contributed by atoms with Gasteiger partial charge in [-0.3, -0.25) is 9.59 Å². The third-order valence-corrected chi connectivity index (χ3v) is 7.17. The molecule has 4 N–H and O–H groups in total. The molecule has 0 spiro atoms. The molecular formula is C15H12ClF3N2O5S2. The minimum Gasteiger partial charge on any atom is -0.384 e. The van der Waals surface area contributed by atoms with Crippen molar-refractivity contribution in [1.82, 2.24) is 0 Å². The van der Waals surface area contributed by atoms with Gasteiger partial charge in [0.05, 0.1) is 21.0 Å². The van der Waals surface area contributed by atoms with Gasteiger partial charge in [0.15, 0.2) is 0 Å². The van der Waals surface area contributed by atoms with Crippen LogP contribution >= 0.6 is 22.9 Å². The number of aliphatic hydroxyl groups excluding tert-OH is 1. The highest BCUT2D eigenvalue weighted by Crippen LogP contribution is 2.39. The molecular weight excluding hydrogens is 445 g/mol. The second kappa shape index (κ2) is 7.70. The first-order chi connectivity index (χ1) is 12.7. The van der Waals surface area contributed by atoms with Crippen molar-refractivity contribution in [1.29, 1.82) is 0 Å². The molecule has 152 valence electrons. The molecule has 0 aliphatic rings. The summed E-state index contributed by atoms with van der Waals surface area (Å²) in [5.41, 5.74) is 3.69. The Morgan fingerprint density at radius 2 is 1.89 bits per heavy atom. The molecule has 0 aliphatic carbocycles. The number of anilines is 1. The van der Waals surface area contributed by atoms with Crippen molar-refractivity contribution in [3.05, 3.63) is 40.4 Å². The van der Waals surface area contributed by atoms with E-state index in [1.54, 1.807) is 0 Å². The van der Waals surface area contributed by atoms with Gasteiger partial charge in [0.2, 0.25) is 9.84 Å². The second-order valence-electron chi connectivity index (χ2n) is 5.48. The Hall–Kier alpha value is -2.15. The molecule has 0 saturated carbocycles. The Kier molecular flexibility index (Phi) is 6.09. The number of carbonyl (C=O) groups excluding carboxylic acids is 2. The zero-order valence-electron chi connectivity index (χ0n) is 13.9. The van der Waals surface area contributed by atoms with Gasteiger partial charge < -0.3 is 16.2 Å². The monoisotopic (exact) mass is 456 g/mol. The maximum absolute atomic E-state index is 12.8. The first kappa shape index (κ1) is 22.1. The molecule has 1 aromatic heterocycles. The molecule has 13 heteroatoms. The van der Waals surface area contributed by atoms with Crippen molar-refractivity contribution in [2.45, 2.75) is 28.3 Å². The van der Waals surface area contributed by atoms with Gasteiger partial charge in [-0.25, -0.2) is 8.42 Å². The van der Waals surface area contributed by atoms with E-state index in [1.807, 2.05) is 0 Å². The Labute approximate surface area is 165 Å². The SMILES string of the molecule is CC(O)C(=O)Nc1sc(S(=O)(=O)c2ccc(C(F)(F)F)cc2Cl)cc1C(N)=O. The fraction of sp³-hybridized carbons (Fsp3) is 0.200. The highest BCUT2D eigenvalue weighted by atomic mass is 35.5. The Morgan fingerprint density at radius 3 is 2.36 bits per heavy atom. The van der Waals surface area contributed by atoms with Gasteiger partial charge >= 0.3 is 6.18 Å². The van der Waals surface area contributed by atoms with Gasteiger partial charge in [-0.2, -0.15) is 13.2 Å². The third-order valence-electron chi connectivity index (χ3n) is 3.40. The van der Waals surface area contributed by atoms with E-state index in [0.717, 1.165) is 13.0 Å². The fourth-order valence-electron chi connectivity index (χ4n) is 2.00. The predicted molar refractivity (Wildman–Crippen MR) is 95.1 cm³/mol. The summed E-state index contributed by atoms with van der Waals surface area (Å²) in [4.78, 5) is 22.5.